The lowest BCUT2D eigenvalue weighted by atomic mass is 10.2. The molecule has 0 saturated carbocycles. The van der Waals surface area contributed by atoms with Gasteiger partial charge in [-0.3, -0.25) is 4.79 Å². The van der Waals surface area contributed by atoms with E-state index in [1.165, 1.54) is 18.2 Å². The van der Waals surface area contributed by atoms with Crippen molar-refractivity contribution < 1.29 is 18.7 Å². The molecule has 2 aromatic carbocycles. The largest absolute Gasteiger partial charge is 0.508 e. The number of carbonyl (C=O) groups is 1. The summed E-state index contributed by atoms with van der Waals surface area (Å²) >= 11 is 0. The number of phenolic OH excluding ortho intramolecular Hbond substituents is 1. The molecule has 5 heteroatoms. The summed E-state index contributed by atoms with van der Waals surface area (Å²) in [6.07, 6.45) is 0. The summed E-state index contributed by atoms with van der Waals surface area (Å²) in [4.78, 5) is 11.7. The Morgan fingerprint density at radius 1 is 1.06 bits per heavy atom. The van der Waals surface area contributed by atoms with E-state index < -0.39 is 17.5 Å². The van der Waals surface area contributed by atoms with Gasteiger partial charge in [0.1, 0.15) is 5.75 Å². The van der Waals surface area contributed by atoms with Crippen LogP contribution in [0.25, 0.3) is 0 Å². The van der Waals surface area contributed by atoms with Gasteiger partial charge in [-0.1, -0.05) is 6.07 Å². The zero-order chi connectivity index (χ0) is 13.1. The van der Waals surface area contributed by atoms with Crippen molar-refractivity contribution in [1.29, 1.82) is 0 Å². The Kier molecular flexibility index (Phi) is 3.23. The van der Waals surface area contributed by atoms with Gasteiger partial charge in [0.2, 0.25) is 0 Å². The SMILES string of the molecule is O=C(Nc1cccc(O)c1)c1ccc(F)c(F)c1. The minimum atomic E-state index is -1.08. The fourth-order valence-electron chi connectivity index (χ4n) is 1.42. The van der Waals surface area contributed by atoms with Gasteiger partial charge in [0.05, 0.1) is 0 Å². The molecule has 1 amide bonds. The maximum atomic E-state index is 12.9. The highest BCUT2D eigenvalue weighted by molar-refractivity contribution is 6.04. The molecule has 0 fully saturated rings. The third kappa shape index (κ3) is 2.63. The highest BCUT2D eigenvalue weighted by atomic mass is 19.2. The molecule has 0 spiro atoms. The third-order valence-corrected chi connectivity index (χ3v) is 2.29. The summed E-state index contributed by atoms with van der Waals surface area (Å²) < 4.78 is 25.6. The Labute approximate surface area is 102 Å². The van der Waals surface area contributed by atoms with E-state index in [0.29, 0.717) is 5.69 Å². The van der Waals surface area contributed by atoms with Crippen LogP contribution in [0.2, 0.25) is 0 Å². The van der Waals surface area contributed by atoms with Crippen LogP contribution in [-0.2, 0) is 0 Å². The van der Waals surface area contributed by atoms with Gasteiger partial charge in [-0.2, -0.15) is 0 Å². The monoisotopic (exact) mass is 249 g/mol. The van der Waals surface area contributed by atoms with Crippen molar-refractivity contribution >= 4 is 11.6 Å². The number of nitrogens with one attached hydrogen (secondary N) is 1. The lowest BCUT2D eigenvalue weighted by molar-refractivity contribution is 0.102. The number of amides is 1. The summed E-state index contributed by atoms with van der Waals surface area (Å²) in [5.41, 5.74) is 0.363. The molecule has 3 nitrogen and oxygen atoms in total. The van der Waals surface area contributed by atoms with Gasteiger partial charge in [0.25, 0.3) is 5.91 Å². The molecule has 0 unspecified atom stereocenters. The molecule has 0 aliphatic heterocycles. The quantitative estimate of drug-likeness (QED) is 0.859. The minimum absolute atomic E-state index is 0.00177. The lowest BCUT2D eigenvalue weighted by Crippen LogP contribution is -2.12. The number of hydrogen-bond acceptors (Lipinski definition) is 2. The highest BCUT2D eigenvalue weighted by Gasteiger charge is 2.10. The first kappa shape index (κ1) is 12.0. The van der Waals surface area contributed by atoms with Crippen LogP contribution >= 0.6 is 0 Å². The van der Waals surface area contributed by atoms with E-state index in [1.54, 1.807) is 12.1 Å². The van der Waals surface area contributed by atoms with Crippen LogP contribution in [0.3, 0.4) is 0 Å². The molecule has 2 rings (SSSR count). The number of phenols is 1. The summed E-state index contributed by atoms with van der Waals surface area (Å²) in [5.74, 6) is -2.68. The van der Waals surface area contributed by atoms with E-state index in [0.717, 1.165) is 12.1 Å². The van der Waals surface area contributed by atoms with Gasteiger partial charge in [-0.25, -0.2) is 8.78 Å². The zero-order valence-corrected chi connectivity index (χ0v) is 9.15. The first-order valence-electron chi connectivity index (χ1n) is 5.12. The number of anilines is 1. The fraction of sp³-hybridized carbons (Fsp3) is 0. The van der Waals surface area contributed by atoms with Gasteiger partial charge >= 0.3 is 0 Å². The summed E-state index contributed by atoms with van der Waals surface area (Å²) in [7, 11) is 0. The van der Waals surface area contributed by atoms with E-state index in [9.17, 15) is 18.7 Å². The molecule has 2 aromatic rings. The number of hydrogen-bond donors (Lipinski definition) is 2. The fourth-order valence-corrected chi connectivity index (χ4v) is 1.42. The molecular formula is C13H9F2NO2. The molecule has 0 bridgehead atoms. The standard InChI is InChI=1S/C13H9F2NO2/c14-11-5-4-8(6-12(11)15)13(18)16-9-2-1-3-10(17)7-9/h1-7,17H,(H,16,18). The Morgan fingerprint density at radius 3 is 2.50 bits per heavy atom. The number of aromatic hydroxyl groups is 1. The summed E-state index contributed by atoms with van der Waals surface area (Å²) in [5, 5.41) is 11.7. The maximum absolute atomic E-state index is 12.9. The molecule has 2 N–H and O–H groups in total. The molecule has 0 atom stereocenters. The van der Waals surface area contributed by atoms with Crippen LogP contribution in [0.15, 0.2) is 42.5 Å². The summed E-state index contributed by atoms with van der Waals surface area (Å²) in [6.45, 7) is 0. The molecule has 0 heterocycles. The Balaban J connectivity index is 2.19. The number of rotatable bonds is 2. The summed E-state index contributed by atoms with van der Waals surface area (Å²) in [6, 6.07) is 8.79. The Hall–Kier alpha value is -2.43. The van der Waals surface area contributed by atoms with Crippen molar-refractivity contribution in [3.05, 3.63) is 59.7 Å². The van der Waals surface area contributed by atoms with Crippen molar-refractivity contribution in [2.45, 2.75) is 0 Å². The van der Waals surface area contributed by atoms with E-state index in [2.05, 4.69) is 5.32 Å². The third-order valence-electron chi connectivity index (χ3n) is 2.29. The van der Waals surface area contributed by atoms with E-state index in [4.69, 9.17) is 0 Å². The molecule has 18 heavy (non-hydrogen) atoms. The molecular weight excluding hydrogens is 240 g/mol. The first-order chi connectivity index (χ1) is 8.56. The Bertz CT molecular complexity index is 599. The number of benzene rings is 2. The van der Waals surface area contributed by atoms with Gasteiger partial charge in [0, 0.05) is 17.3 Å². The van der Waals surface area contributed by atoms with Crippen LogP contribution < -0.4 is 5.32 Å². The average molecular weight is 249 g/mol. The van der Waals surface area contributed by atoms with Crippen molar-refractivity contribution in [2.24, 2.45) is 0 Å². The predicted molar refractivity (Wildman–Crippen MR) is 62.4 cm³/mol. The second kappa shape index (κ2) is 4.83. The van der Waals surface area contributed by atoms with Gasteiger partial charge < -0.3 is 10.4 Å². The topological polar surface area (TPSA) is 49.3 Å². The van der Waals surface area contributed by atoms with E-state index in [-0.39, 0.29) is 11.3 Å². The highest BCUT2D eigenvalue weighted by Crippen LogP contribution is 2.17. The molecule has 0 saturated heterocycles. The number of carbonyl (C=O) groups excluding carboxylic acids is 1. The second-order valence-electron chi connectivity index (χ2n) is 3.63. The van der Waals surface area contributed by atoms with Crippen LogP contribution in [0, 0.1) is 11.6 Å². The van der Waals surface area contributed by atoms with Crippen molar-refractivity contribution in [2.75, 3.05) is 5.32 Å². The smallest absolute Gasteiger partial charge is 0.255 e. The molecule has 0 aliphatic carbocycles. The minimum Gasteiger partial charge on any atom is -0.508 e. The van der Waals surface area contributed by atoms with Crippen LogP contribution in [-0.4, -0.2) is 11.0 Å². The molecule has 92 valence electrons. The van der Waals surface area contributed by atoms with Crippen LogP contribution in [0.1, 0.15) is 10.4 Å². The predicted octanol–water partition coefficient (Wildman–Crippen LogP) is 2.92. The average Bonchev–Trinajstić information content (AvgIpc) is 2.32. The second-order valence-corrected chi connectivity index (χ2v) is 3.63. The molecule has 0 radical (unpaired) electrons. The van der Waals surface area contributed by atoms with Gasteiger partial charge in [0.15, 0.2) is 11.6 Å². The number of halogens is 2. The lowest BCUT2D eigenvalue weighted by Gasteiger charge is -2.05. The maximum Gasteiger partial charge on any atom is 0.255 e. The molecule has 0 aromatic heterocycles. The van der Waals surface area contributed by atoms with Gasteiger partial charge in [-0.05, 0) is 30.3 Å². The van der Waals surface area contributed by atoms with E-state index in [1.807, 2.05) is 0 Å². The first-order valence-corrected chi connectivity index (χ1v) is 5.12. The van der Waals surface area contributed by atoms with E-state index >= 15 is 0 Å². The van der Waals surface area contributed by atoms with Crippen molar-refractivity contribution in [1.82, 2.24) is 0 Å². The van der Waals surface area contributed by atoms with Crippen molar-refractivity contribution in [3.8, 4) is 5.75 Å². The van der Waals surface area contributed by atoms with Gasteiger partial charge in [-0.15, -0.1) is 0 Å². The normalized spacial score (nSPS) is 10.1. The van der Waals surface area contributed by atoms with Crippen LogP contribution in [0.4, 0.5) is 14.5 Å². The van der Waals surface area contributed by atoms with Crippen molar-refractivity contribution in [3.63, 3.8) is 0 Å². The molecule has 0 aliphatic rings. The van der Waals surface area contributed by atoms with Crippen LogP contribution in [0.5, 0.6) is 5.75 Å². The zero-order valence-electron chi connectivity index (χ0n) is 9.15. The Morgan fingerprint density at radius 2 is 1.83 bits per heavy atom.